The third-order valence-electron chi connectivity index (χ3n) is 4.94. The van der Waals surface area contributed by atoms with Crippen LogP contribution in [0.25, 0.3) is 0 Å². The highest BCUT2D eigenvalue weighted by Gasteiger charge is 2.46. The summed E-state index contributed by atoms with van der Waals surface area (Å²) < 4.78 is 11.3. The van der Waals surface area contributed by atoms with Gasteiger partial charge in [-0.05, 0) is 31.6 Å². The average molecular weight is 242 g/mol. The Bertz CT molecular complexity index is 209. The topological polar surface area (TPSA) is 18.5 Å². The molecule has 102 valence electrons. The predicted molar refractivity (Wildman–Crippen MR) is 72.2 cm³/mol. The second-order valence-electron chi connectivity index (χ2n) is 5.91. The molecule has 0 aliphatic heterocycles. The van der Waals surface area contributed by atoms with E-state index < -0.39 is 0 Å². The Labute approximate surface area is 107 Å². The van der Waals surface area contributed by atoms with Crippen molar-refractivity contribution < 1.29 is 9.47 Å². The first kappa shape index (κ1) is 15.0. The maximum absolute atomic E-state index is 5.70. The first-order valence-electron chi connectivity index (χ1n) is 7.11. The summed E-state index contributed by atoms with van der Waals surface area (Å²) in [5.74, 6) is 1.35. The summed E-state index contributed by atoms with van der Waals surface area (Å²) in [6, 6.07) is 0. The SMILES string of the molecule is COCC(C(C)C)(C1CCCCC1)C(C)OC. The summed E-state index contributed by atoms with van der Waals surface area (Å²) in [6.45, 7) is 7.68. The molecule has 2 unspecified atom stereocenters. The molecule has 2 nitrogen and oxygen atoms in total. The van der Waals surface area contributed by atoms with E-state index >= 15 is 0 Å². The Morgan fingerprint density at radius 2 is 1.65 bits per heavy atom. The maximum Gasteiger partial charge on any atom is 0.0626 e. The first-order chi connectivity index (χ1) is 8.09. The Hall–Kier alpha value is -0.0800. The molecular formula is C15H30O2. The van der Waals surface area contributed by atoms with Gasteiger partial charge in [0, 0.05) is 19.6 Å². The molecular weight excluding hydrogens is 212 g/mol. The molecule has 0 bridgehead atoms. The normalized spacial score (nSPS) is 23.6. The minimum absolute atomic E-state index is 0.184. The Morgan fingerprint density at radius 3 is 2.06 bits per heavy atom. The number of methoxy groups -OCH3 is 2. The van der Waals surface area contributed by atoms with Gasteiger partial charge in [0.15, 0.2) is 0 Å². The first-order valence-corrected chi connectivity index (χ1v) is 7.11. The van der Waals surface area contributed by atoms with Crippen molar-refractivity contribution in [1.29, 1.82) is 0 Å². The minimum atomic E-state index is 0.184. The summed E-state index contributed by atoms with van der Waals surface area (Å²) in [5.41, 5.74) is 0.184. The van der Waals surface area contributed by atoms with E-state index in [1.807, 2.05) is 14.2 Å². The van der Waals surface area contributed by atoms with Crippen molar-refractivity contribution in [1.82, 2.24) is 0 Å². The molecule has 1 fully saturated rings. The summed E-state index contributed by atoms with van der Waals surface area (Å²) in [6.07, 6.45) is 7.10. The second kappa shape index (κ2) is 6.75. The standard InChI is InChI=1S/C15H30O2/c1-12(2)15(11-16-4,13(3)17-5)14-9-7-6-8-10-14/h12-14H,6-11H2,1-5H3. The fraction of sp³-hybridized carbons (Fsp3) is 1.00. The van der Waals surface area contributed by atoms with Gasteiger partial charge in [0.25, 0.3) is 0 Å². The zero-order valence-electron chi connectivity index (χ0n) is 12.3. The van der Waals surface area contributed by atoms with Crippen LogP contribution in [0.5, 0.6) is 0 Å². The van der Waals surface area contributed by atoms with E-state index in [9.17, 15) is 0 Å². The number of hydrogen-bond donors (Lipinski definition) is 0. The van der Waals surface area contributed by atoms with Gasteiger partial charge >= 0.3 is 0 Å². The maximum atomic E-state index is 5.70. The Kier molecular flexibility index (Phi) is 5.94. The highest BCUT2D eigenvalue weighted by atomic mass is 16.5. The second-order valence-corrected chi connectivity index (χ2v) is 5.91. The van der Waals surface area contributed by atoms with Crippen molar-refractivity contribution in [3.63, 3.8) is 0 Å². The van der Waals surface area contributed by atoms with E-state index in [4.69, 9.17) is 9.47 Å². The summed E-state index contributed by atoms with van der Waals surface area (Å²) >= 11 is 0. The van der Waals surface area contributed by atoms with Crippen molar-refractivity contribution in [3.05, 3.63) is 0 Å². The Morgan fingerprint density at radius 1 is 1.06 bits per heavy atom. The van der Waals surface area contributed by atoms with Crippen molar-refractivity contribution in [2.75, 3.05) is 20.8 Å². The van der Waals surface area contributed by atoms with E-state index in [0.29, 0.717) is 5.92 Å². The molecule has 2 atom stereocenters. The van der Waals surface area contributed by atoms with Gasteiger partial charge in [0.1, 0.15) is 0 Å². The minimum Gasteiger partial charge on any atom is -0.384 e. The lowest BCUT2D eigenvalue weighted by Crippen LogP contribution is -2.49. The molecule has 0 heterocycles. The lowest BCUT2D eigenvalue weighted by Gasteiger charge is -2.48. The quantitative estimate of drug-likeness (QED) is 0.703. The van der Waals surface area contributed by atoms with Crippen LogP contribution in [0.1, 0.15) is 52.9 Å². The van der Waals surface area contributed by atoms with Crippen molar-refractivity contribution >= 4 is 0 Å². The zero-order chi connectivity index (χ0) is 12.9. The summed E-state index contributed by atoms with van der Waals surface area (Å²) in [7, 11) is 3.66. The third kappa shape index (κ3) is 3.03. The van der Waals surface area contributed by atoms with Gasteiger partial charge in [-0.2, -0.15) is 0 Å². The molecule has 0 aromatic rings. The van der Waals surface area contributed by atoms with Crippen LogP contribution in [0.3, 0.4) is 0 Å². The molecule has 1 saturated carbocycles. The molecule has 1 aliphatic carbocycles. The lowest BCUT2D eigenvalue weighted by atomic mass is 9.60. The predicted octanol–water partition coefficient (Wildman–Crippen LogP) is 3.89. The molecule has 0 spiro atoms. The lowest BCUT2D eigenvalue weighted by molar-refractivity contribution is -0.116. The van der Waals surface area contributed by atoms with Crippen molar-refractivity contribution in [3.8, 4) is 0 Å². The van der Waals surface area contributed by atoms with E-state index in [1.165, 1.54) is 32.1 Å². The molecule has 0 aromatic heterocycles. The molecule has 17 heavy (non-hydrogen) atoms. The van der Waals surface area contributed by atoms with E-state index in [0.717, 1.165) is 12.5 Å². The monoisotopic (exact) mass is 242 g/mol. The number of hydrogen-bond acceptors (Lipinski definition) is 2. The average Bonchev–Trinajstić information content (AvgIpc) is 2.35. The summed E-state index contributed by atoms with van der Waals surface area (Å²) in [5, 5.41) is 0. The van der Waals surface area contributed by atoms with E-state index in [-0.39, 0.29) is 11.5 Å². The molecule has 0 radical (unpaired) electrons. The Balaban J connectivity index is 2.94. The zero-order valence-corrected chi connectivity index (χ0v) is 12.3. The molecule has 2 heteroatoms. The molecule has 1 rings (SSSR count). The fourth-order valence-electron chi connectivity index (χ4n) is 3.78. The fourth-order valence-corrected chi connectivity index (χ4v) is 3.78. The van der Waals surface area contributed by atoms with Crippen LogP contribution < -0.4 is 0 Å². The largest absolute Gasteiger partial charge is 0.384 e. The smallest absolute Gasteiger partial charge is 0.0626 e. The highest BCUT2D eigenvalue weighted by molar-refractivity contribution is 4.95. The van der Waals surface area contributed by atoms with Crippen LogP contribution in [0.4, 0.5) is 0 Å². The van der Waals surface area contributed by atoms with Crippen LogP contribution in [0.2, 0.25) is 0 Å². The van der Waals surface area contributed by atoms with Crippen LogP contribution >= 0.6 is 0 Å². The molecule has 0 saturated heterocycles. The van der Waals surface area contributed by atoms with Gasteiger partial charge in [0.2, 0.25) is 0 Å². The van der Waals surface area contributed by atoms with Crippen LogP contribution in [0.15, 0.2) is 0 Å². The van der Waals surface area contributed by atoms with E-state index in [1.54, 1.807) is 0 Å². The number of ether oxygens (including phenoxy) is 2. The van der Waals surface area contributed by atoms with Gasteiger partial charge in [0.05, 0.1) is 12.7 Å². The highest BCUT2D eigenvalue weighted by Crippen LogP contribution is 2.47. The van der Waals surface area contributed by atoms with E-state index in [2.05, 4.69) is 20.8 Å². The molecule has 0 aromatic carbocycles. The van der Waals surface area contributed by atoms with Crippen molar-refractivity contribution in [2.45, 2.75) is 59.0 Å². The van der Waals surface area contributed by atoms with Crippen LogP contribution in [-0.2, 0) is 9.47 Å². The number of rotatable bonds is 6. The van der Waals surface area contributed by atoms with Gasteiger partial charge in [-0.1, -0.05) is 33.1 Å². The van der Waals surface area contributed by atoms with Crippen LogP contribution in [0, 0.1) is 17.3 Å². The van der Waals surface area contributed by atoms with Gasteiger partial charge in [-0.15, -0.1) is 0 Å². The molecule has 0 amide bonds. The summed E-state index contributed by atoms with van der Waals surface area (Å²) in [4.78, 5) is 0. The van der Waals surface area contributed by atoms with Gasteiger partial charge in [-0.3, -0.25) is 0 Å². The molecule has 1 aliphatic rings. The molecule has 0 N–H and O–H groups in total. The van der Waals surface area contributed by atoms with Crippen molar-refractivity contribution in [2.24, 2.45) is 17.3 Å². The van der Waals surface area contributed by atoms with Gasteiger partial charge < -0.3 is 9.47 Å². The van der Waals surface area contributed by atoms with Crippen LogP contribution in [-0.4, -0.2) is 26.9 Å². The third-order valence-corrected chi connectivity index (χ3v) is 4.94. The van der Waals surface area contributed by atoms with Gasteiger partial charge in [-0.25, -0.2) is 0 Å².